The van der Waals surface area contributed by atoms with E-state index >= 15 is 0 Å². The van der Waals surface area contributed by atoms with Crippen LogP contribution in [0.25, 0.3) is 88.3 Å². The molecule has 0 bridgehead atoms. The van der Waals surface area contributed by atoms with Crippen molar-refractivity contribution in [3.05, 3.63) is 236 Å². The summed E-state index contributed by atoms with van der Waals surface area (Å²) in [5, 5.41) is 4.58. The lowest BCUT2D eigenvalue weighted by Gasteiger charge is -2.32. The fraction of sp³-hybridized carbons (Fsp3) is 0.0492. The predicted octanol–water partition coefficient (Wildman–Crippen LogP) is 17.2. The van der Waals surface area contributed by atoms with E-state index in [-0.39, 0.29) is 5.41 Å². The maximum atomic E-state index is 6.56. The Morgan fingerprint density at radius 2 is 0.921 bits per heavy atom. The van der Waals surface area contributed by atoms with Crippen molar-refractivity contribution in [1.29, 1.82) is 0 Å². The van der Waals surface area contributed by atoms with Gasteiger partial charge in [-0.25, -0.2) is 0 Å². The largest absolute Gasteiger partial charge is 0.456 e. The van der Waals surface area contributed by atoms with Crippen LogP contribution in [0.4, 0.5) is 17.1 Å². The number of para-hydroxylation sites is 1. The first-order chi connectivity index (χ1) is 31.0. The fourth-order valence-electron chi connectivity index (χ4n) is 10.5. The molecule has 0 radical (unpaired) electrons. The van der Waals surface area contributed by atoms with E-state index in [2.05, 4.69) is 243 Å². The molecule has 1 heterocycles. The quantitative estimate of drug-likeness (QED) is 0.160. The minimum absolute atomic E-state index is 0.197. The summed E-state index contributed by atoms with van der Waals surface area (Å²) in [6.45, 7) is 4.77. The SMILES string of the molecule is CC1(C)c2ccccc2-c2cccc(-c3cccc(N(c4ccc(-c5ccccc5)cc4)c4ccc5ccccc5c4-c4cccc5oc6ccccc6c45)c3-c3ccccc3)c21. The molecule has 0 spiro atoms. The van der Waals surface area contributed by atoms with Gasteiger partial charge in [0.05, 0.1) is 11.4 Å². The van der Waals surface area contributed by atoms with Crippen LogP contribution in [0.3, 0.4) is 0 Å². The zero-order chi connectivity index (χ0) is 42.1. The molecule has 2 nitrogen and oxygen atoms in total. The van der Waals surface area contributed by atoms with Crippen molar-refractivity contribution in [3.8, 4) is 55.6 Å². The van der Waals surface area contributed by atoms with Gasteiger partial charge in [0.25, 0.3) is 0 Å². The van der Waals surface area contributed by atoms with Crippen LogP contribution in [0.1, 0.15) is 25.0 Å². The van der Waals surface area contributed by atoms with E-state index < -0.39 is 0 Å². The monoisotopic (exact) mass is 805 g/mol. The van der Waals surface area contributed by atoms with Gasteiger partial charge in [0.1, 0.15) is 11.2 Å². The third-order valence-corrected chi connectivity index (χ3v) is 13.3. The molecule has 2 heteroatoms. The van der Waals surface area contributed by atoms with E-state index in [4.69, 9.17) is 4.42 Å². The van der Waals surface area contributed by atoms with E-state index in [9.17, 15) is 0 Å². The van der Waals surface area contributed by atoms with Gasteiger partial charge in [-0.15, -0.1) is 0 Å². The van der Waals surface area contributed by atoms with Crippen LogP contribution in [0, 0.1) is 0 Å². The molecule has 0 amide bonds. The predicted molar refractivity (Wildman–Crippen MR) is 265 cm³/mol. The highest BCUT2D eigenvalue weighted by atomic mass is 16.3. The van der Waals surface area contributed by atoms with Gasteiger partial charge in [-0.2, -0.15) is 0 Å². The number of furan rings is 1. The minimum Gasteiger partial charge on any atom is -0.456 e. The van der Waals surface area contributed by atoms with Crippen LogP contribution in [0.15, 0.2) is 229 Å². The van der Waals surface area contributed by atoms with Gasteiger partial charge in [-0.3, -0.25) is 0 Å². The Morgan fingerprint density at radius 1 is 0.365 bits per heavy atom. The van der Waals surface area contributed by atoms with Crippen LogP contribution in [0.2, 0.25) is 0 Å². The number of nitrogens with zero attached hydrogens (tertiary/aromatic N) is 1. The second-order valence-electron chi connectivity index (χ2n) is 17.2. The summed E-state index contributed by atoms with van der Waals surface area (Å²) in [5.41, 5.74) is 19.6. The molecule has 0 aliphatic heterocycles. The Balaban J connectivity index is 1.19. The zero-order valence-corrected chi connectivity index (χ0v) is 35.2. The highest BCUT2D eigenvalue weighted by molar-refractivity contribution is 6.18. The highest BCUT2D eigenvalue weighted by Crippen LogP contribution is 2.56. The molecule has 1 aromatic heterocycles. The number of fused-ring (bicyclic) bond motifs is 7. The molecule has 63 heavy (non-hydrogen) atoms. The second-order valence-corrected chi connectivity index (χ2v) is 17.2. The molecule has 0 unspecified atom stereocenters. The molecule has 0 saturated heterocycles. The van der Waals surface area contributed by atoms with E-state index in [0.29, 0.717) is 0 Å². The first-order valence-corrected chi connectivity index (χ1v) is 21.8. The summed E-state index contributed by atoms with van der Waals surface area (Å²) in [4.78, 5) is 2.51. The van der Waals surface area contributed by atoms with Gasteiger partial charge >= 0.3 is 0 Å². The molecule has 298 valence electrons. The molecule has 11 aromatic rings. The normalized spacial score (nSPS) is 12.7. The summed E-state index contributed by atoms with van der Waals surface area (Å²) < 4.78 is 6.56. The van der Waals surface area contributed by atoms with Crippen molar-refractivity contribution < 1.29 is 4.42 Å². The lowest BCUT2D eigenvalue weighted by Crippen LogP contribution is -2.17. The third-order valence-electron chi connectivity index (χ3n) is 13.3. The summed E-state index contributed by atoms with van der Waals surface area (Å²) in [6.07, 6.45) is 0. The van der Waals surface area contributed by atoms with Crippen molar-refractivity contribution in [1.82, 2.24) is 0 Å². The standard InChI is InChI=1S/C61H43NO/c1-61(2)52-30-13-11-24-46(52)48-27-15-28-49(60(48)61)47-26-16-31-53(57(47)43-21-7-4-8-22-43)62(44-37-34-41(35-38-44)40-18-5-3-6-19-40)54-39-36-42-20-9-10-23-45(42)58(54)51-29-17-33-56-59(51)50-25-12-14-32-55(50)63-56/h3-39H,1-2H3. The van der Waals surface area contributed by atoms with Gasteiger partial charge < -0.3 is 9.32 Å². The average Bonchev–Trinajstić information content (AvgIpc) is 3.84. The average molecular weight is 806 g/mol. The van der Waals surface area contributed by atoms with Gasteiger partial charge in [0.15, 0.2) is 0 Å². The molecule has 1 aliphatic rings. The number of anilines is 3. The Labute approximate surface area is 368 Å². The molecular formula is C61H43NO. The maximum Gasteiger partial charge on any atom is 0.136 e. The Morgan fingerprint density at radius 3 is 1.73 bits per heavy atom. The summed E-state index contributed by atoms with van der Waals surface area (Å²) in [6, 6.07) is 81.7. The van der Waals surface area contributed by atoms with Crippen molar-refractivity contribution in [3.63, 3.8) is 0 Å². The van der Waals surface area contributed by atoms with Crippen molar-refractivity contribution in [2.24, 2.45) is 0 Å². The van der Waals surface area contributed by atoms with E-state index in [0.717, 1.165) is 55.7 Å². The molecule has 0 atom stereocenters. The number of rotatable bonds is 7. The first kappa shape index (κ1) is 36.9. The van der Waals surface area contributed by atoms with Crippen LogP contribution >= 0.6 is 0 Å². The second kappa shape index (κ2) is 14.6. The van der Waals surface area contributed by atoms with E-state index in [1.165, 1.54) is 60.8 Å². The number of hydrogen-bond acceptors (Lipinski definition) is 2. The smallest absolute Gasteiger partial charge is 0.136 e. The van der Waals surface area contributed by atoms with Crippen LogP contribution < -0.4 is 4.90 Å². The highest BCUT2D eigenvalue weighted by Gasteiger charge is 2.38. The number of benzene rings is 10. The van der Waals surface area contributed by atoms with E-state index in [1.54, 1.807) is 0 Å². The molecule has 1 aliphatic carbocycles. The lowest BCUT2D eigenvalue weighted by atomic mass is 9.77. The maximum absolute atomic E-state index is 6.56. The molecule has 0 N–H and O–H groups in total. The first-order valence-electron chi connectivity index (χ1n) is 21.8. The number of hydrogen-bond donors (Lipinski definition) is 0. The molecule has 10 aromatic carbocycles. The van der Waals surface area contributed by atoms with Crippen LogP contribution in [0.5, 0.6) is 0 Å². The minimum atomic E-state index is -0.197. The Kier molecular flexibility index (Phi) is 8.55. The summed E-state index contributed by atoms with van der Waals surface area (Å²) in [7, 11) is 0. The Bertz CT molecular complexity index is 3520. The Hall–Kier alpha value is -7.94. The summed E-state index contributed by atoms with van der Waals surface area (Å²) >= 11 is 0. The van der Waals surface area contributed by atoms with Crippen molar-refractivity contribution >= 4 is 49.8 Å². The van der Waals surface area contributed by atoms with Crippen LogP contribution in [-0.4, -0.2) is 0 Å². The van der Waals surface area contributed by atoms with Crippen molar-refractivity contribution in [2.45, 2.75) is 19.3 Å². The molecule has 0 saturated carbocycles. The molecule has 0 fully saturated rings. The summed E-state index contributed by atoms with van der Waals surface area (Å²) in [5.74, 6) is 0. The topological polar surface area (TPSA) is 16.4 Å². The van der Waals surface area contributed by atoms with Gasteiger partial charge in [0.2, 0.25) is 0 Å². The zero-order valence-electron chi connectivity index (χ0n) is 35.2. The molecular weight excluding hydrogens is 763 g/mol. The third kappa shape index (κ3) is 5.86. The van der Waals surface area contributed by atoms with E-state index in [1.807, 2.05) is 0 Å². The fourth-order valence-corrected chi connectivity index (χ4v) is 10.5. The van der Waals surface area contributed by atoms with Gasteiger partial charge in [0, 0.05) is 33.0 Å². The van der Waals surface area contributed by atoms with Crippen LogP contribution in [-0.2, 0) is 5.41 Å². The van der Waals surface area contributed by atoms with Gasteiger partial charge in [-0.05, 0) is 103 Å². The molecule has 12 rings (SSSR count). The van der Waals surface area contributed by atoms with Gasteiger partial charge in [-0.1, -0.05) is 202 Å². The van der Waals surface area contributed by atoms with Crippen molar-refractivity contribution in [2.75, 3.05) is 4.90 Å². The lowest BCUT2D eigenvalue weighted by molar-refractivity contribution is 0.662.